The smallest absolute Gasteiger partial charge is 0.0606 e. The van der Waals surface area contributed by atoms with Crippen LogP contribution in [0.5, 0.6) is 0 Å². The van der Waals surface area contributed by atoms with E-state index in [9.17, 15) is 0 Å². The van der Waals surface area contributed by atoms with Crippen LogP contribution in [0.1, 0.15) is 25.7 Å². The molecule has 16 heavy (non-hydrogen) atoms. The number of nitrogens with one attached hydrogen (secondary N) is 1. The third-order valence-electron chi connectivity index (χ3n) is 3.67. The lowest BCUT2D eigenvalue weighted by molar-refractivity contribution is 0.583. The maximum atomic E-state index is 6.03. The van der Waals surface area contributed by atoms with Crippen LogP contribution in [-0.2, 0) is 0 Å². The molecule has 2 aliphatic rings. The van der Waals surface area contributed by atoms with Crippen LogP contribution < -0.4 is 10.2 Å². The van der Waals surface area contributed by atoms with Gasteiger partial charge < -0.3 is 10.2 Å². The zero-order valence-electron chi connectivity index (χ0n) is 9.38. The number of hydrogen-bond acceptors (Lipinski definition) is 2. The molecule has 0 radical (unpaired) electrons. The van der Waals surface area contributed by atoms with E-state index in [1.807, 2.05) is 12.1 Å². The van der Waals surface area contributed by atoms with E-state index in [4.69, 9.17) is 11.6 Å². The van der Waals surface area contributed by atoms with Crippen molar-refractivity contribution in [2.45, 2.75) is 31.7 Å². The van der Waals surface area contributed by atoms with Crippen molar-refractivity contribution in [3.05, 3.63) is 23.2 Å². The summed E-state index contributed by atoms with van der Waals surface area (Å²) in [6, 6.07) is 6.87. The summed E-state index contributed by atoms with van der Waals surface area (Å²) in [6.45, 7) is 2.26. The molecule has 1 atom stereocenters. The number of nitrogens with zero attached hydrogens (tertiary/aromatic N) is 1. The SMILES string of the molecule is Clc1ccc2c(c1)NCC1CCCCCN21. The Hall–Kier alpha value is -0.890. The first-order valence-electron chi connectivity index (χ1n) is 6.15. The van der Waals surface area contributed by atoms with Gasteiger partial charge in [0.15, 0.2) is 0 Å². The summed E-state index contributed by atoms with van der Waals surface area (Å²) < 4.78 is 0. The maximum absolute atomic E-state index is 6.03. The summed E-state index contributed by atoms with van der Waals surface area (Å²) >= 11 is 6.03. The van der Waals surface area contributed by atoms with Crippen LogP contribution in [0, 0.1) is 0 Å². The van der Waals surface area contributed by atoms with Gasteiger partial charge in [0.05, 0.1) is 11.4 Å². The van der Waals surface area contributed by atoms with Gasteiger partial charge in [-0.15, -0.1) is 0 Å². The van der Waals surface area contributed by atoms with E-state index in [-0.39, 0.29) is 0 Å². The van der Waals surface area contributed by atoms with Crippen molar-refractivity contribution in [3.8, 4) is 0 Å². The number of fused-ring (bicyclic) bond motifs is 3. The number of anilines is 2. The Morgan fingerprint density at radius 3 is 3.12 bits per heavy atom. The van der Waals surface area contributed by atoms with Gasteiger partial charge in [-0.05, 0) is 31.0 Å². The predicted octanol–water partition coefficient (Wildman–Crippen LogP) is 3.51. The molecule has 1 fully saturated rings. The van der Waals surface area contributed by atoms with Crippen LogP contribution in [-0.4, -0.2) is 19.1 Å². The molecule has 2 aliphatic heterocycles. The summed E-state index contributed by atoms with van der Waals surface area (Å²) in [5.74, 6) is 0. The van der Waals surface area contributed by atoms with Gasteiger partial charge in [0.25, 0.3) is 0 Å². The number of hydrogen-bond donors (Lipinski definition) is 1. The summed E-state index contributed by atoms with van der Waals surface area (Å²) in [7, 11) is 0. The molecule has 0 spiro atoms. The third kappa shape index (κ3) is 1.75. The molecule has 2 nitrogen and oxygen atoms in total. The molecule has 0 aliphatic carbocycles. The van der Waals surface area contributed by atoms with Crippen LogP contribution in [0.3, 0.4) is 0 Å². The van der Waals surface area contributed by atoms with Crippen LogP contribution in [0.15, 0.2) is 18.2 Å². The van der Waals surface area contributed by atoms with Crippen molar-refractivity contribution in [1.82, 2.24) is 0 Å². The Labute approximate surface area is 102 Å². The van der Waals surface area contributed by atoms with Gasteiger partial charge in [0.1, 0.15) is 0 Å². The molecule has 3 rings (SSSR count). The van der Waals surface area contributed by atoms with Gasteiger partial charge in [0, 0.05) is 24.2 Å². The van der Waals surface area contributed by atoms with Crippen LogP contribution in [0.2, 0.25) is 5.02 Å². The molecule has 1 aromatic rings. The lowest BCUT2D eigenvalue weighted by Gasteiger charge is -2.38. The Morgan fingerprint density at radius 1 is 1.25 bits per heavy atom. The van der Waals surface area contributed by atoms with Gasteiger partial charge >= 0.3 is 0 Å². The van der Waals surface area contributed by atoms with E-state index in [1.54, 1.807) is 0 Å². The van der Waals surface area contributed by atoms with E-state index in [1.165, 1.54) is 43.6 Å². The van der Waals surface area contributed by atoms with Crippen molar-refractivity contribution in [2.75, 3.05) is 23.3 Å². The predicted molar refractivity (Wildman–Crippen MR) is 69.5 cm³/mol. The highest BCUT2D eigenvalue weighted by molar-refractivity contribution is 6.31. The molecule has 1 unspecified atom stereocenters. The molecule has 1 aromatic carbocycles. The molecular weight excluding hydrogens is 220 g/mol. The van der Waals surface area contributed by atoms with Crippen LogP contribution >= 0.6 is 11.6 Å². The molecular formula is C13H17ClN2. The molecule has 0 bridgehead atoms. The quantitative estimate of drug-likeness (QED) is 0.742. The standard InChI is InChI=1S/C13H17ClN2/c14-10-5-6-13-12(8-10)15-9-11-4-2-1-3-7-16(11)13/h5-6,8,11,15H,1-4,7,9H2. The Kier molecular flexibility index (Phi) is 2.68. The monoisotopic (exact) mass is 236 g/mol. The summed E-state index contributed by atoms with van der Waals surface area (Å²) in [4.78, 5) is 2.56. The van der Waals surface area contributed by atoms with Crippen LogP contribution in [0.4, 0.5) is 11.4 Å². The first-order valence-corrected chi connectivity index (χ1v) is 6.52. The van der Waals surface area contributed by atoms with Crippen molar-refractivity contribution in [3.63, 3.8) is 0 Å². The molecule has 0 saturated carbocycles. The Morgan fingerprint density at radius 2 is 2.19 bits per heavy atom. The summed E-state index contributed by atoms with van der Waals surface area (Å²) in [5, 5.41) is 4.32. The van der Waals surface area contributed by atoms with Gasteiger partial charge in [-0.1, -0.05) is 24.4 Å². The lowest BCUT2D eigenvalue weighted by atomic mass is 10.1. The fourth-order valence-electron chi connectivity index (χ4n) is 2.83. The first kappa shape index (κ1) is 10.3. The molecule has 3 heteroatoms. The van der Waals surface area contributed by atoms with Crippen molar-refractivity contribution in [2.24, 2.45) is 0 Å². The van der Waals surface area contributed by atoms with Gasteiger partial charge in [-0.3, -0.25) is 0 Å². The second kappa shape index (κ2) is 4.17. The molecule has 0 aromatic heterocycles. The third-order valence-corrected chi connectivity index (χ3v) is 3.91. The van der Waals surface area contributed by atoms with E-state index < -0.39 is 0 Å². The lowest BCUT2D eigenvalue weighted by Crippen LogP contribution is -2.43. The average molecular weight is 237 g/mol. The molecule has 1 saturated heterocycles. The first-order chi connectivity index (χ1) is 7.84. The molecule has 2 heterocycles. The zero-order valence-corrected chi connectivity index (χ0v) is 10.1. The maximum Gasteiger partial charge on any atom is 0.0606 e. The van der Waals surface area contributed by atoms with E-state index in [0.29, 0.717) is 6.04 Å². The highest BCUT2D eigenvalue weighted by Gasteiger charge is 2.26. The second-order valence-corrected chi connectivity index (χ2v) is 5.18. The number of rotatable bonds is 0. The minimum atomic E-state index is 0.677. The fraction of sp³-hybridized carbons (Fsp3) is 0.538. The van der Waals surface area contributed by atoms with Crippen molar-refractivity contribution in [1.29, 1.82) is 0 Å². The van der Waals surface area contributed by atoms with Gasteiger partial charge in [-0.2, -0.15) is 0 Å². The largest absolute Gasteiger partial charge is 0.381 e. The summed E-state index contributed by atoms with van der Waals surface area (Å²) in [6.07, 6.45) is 5.37. The van der Waals surface area contributed by atoms with E-state index in [0.717, 1.165) is 11.6 Å². The molecule has 1 N–H and O–H groups in total. The van der Waals surface area contributed by atoms with Gasteiger partial charge in [0.2, 0.25) is 0 Å². The minimum Gasteiger partial charge on any atom is -0.381 e. The highest BCUT2D eigenvalue weighted by Crippen LogP contribution is 2.36. The van der Waals surface area contributed by atoms with E-state index in [2.05, 4.69) is 16.3 Å². The molecule has 0 amide bonds. The molecule has 86 valence electrons. The van der Waals surface area contributed by atoms with Gasteiger partial charge in [-0.25, -0.2) is 0 Å². The number of halogens is 1. The normalized spacial score (nSPS) is 24.1. The average Bonchev–Trinajstić information content (AvgIpc) is 2.53. The summed E-state index contributed by atoms with van der Waals surface area (Å²) in [5.41, 5.74) is 2.54. The minimum absolute atomic E-state index is 0.677. The highest BCUT2D eigenvalue weighted by atomic mass is 35.5. The zero-order chi connectivity index (χ0) is 11.0. The number of benzene rings is 1. The topological polar surface area (TPSA) is 15.3 Å². The van der Waals surface area contributed by atoms with Crippen molar-refractivity contribution < 1.29 is 0 Å². The van der Waals surface area contributed by atoms with Crippen molar-refractivity contribution >= 4 is 23.0 Å². The Bertz CT molecular complexity index is 392. The van der Waals surface area contributed by atoms with Crippen LogP contribution in [0.25, 0.3) is 0 Å². The Balaban J connectivity index is 1.97. The second-order valence-electron chi connectivity index (χ2n) is 4.74. The van der Waals surface area contributed by atoms with E-state index >= 15 is 0 Å². The fourth-order valence-corrected chi connectivity index (χ4v) is 3.01.